The zero-order valence-electron chi connectivity index (χ0n) is 10.9. The Kier molecular flexibility index (Phi) is 3.25. The van der Waals surface area contributed by atoms with Gasteiger partial charge in [-0.05, 0) is 19.3 Å². The number of ether oxygens (including phenoxy) is 1. The molecule has 7 nitrogen and oxygen atoms in total. The minimum absolute atomic E-state index is 0.0105. The van der Waals surface area contributed by atoms with Crippen LogP contribution in [-0.4, -0.2) is 34.2 Å². The minimum atomic E-state index is -1.54. The van der Waals surface area contributed by atoms with E-state index >= 15 is 0 Å². The van der Waals surface area contributed by atoms with E-state index in [2.05, 4.69) is 5.32 Å². The molecule has 3 rings (SSSR count). The number of rotatable bonds is 4. The van der Waals surface area contributed by atoms with E-state index in [0.29, 0.717) is 6.42 Å². The molecule has 0 radical (unpaired) electrons. The molecule has 8 heteroatoms. The number of anilines is 1. The van der Waals surface area contributed by atoms with Gasteiger partial charge in [0, 0.05) is 12.1 Å². The zero-order chi connectivity index (χ0) is 15.1. The first-order chi connectivity index (χ1) is 9.95. The highest BCUT2D eigenvalue weighted by atomic mass is 19.1. The largest absolute Gasteiger partial charge is 0.478 e. The van der Waals surface area contributed by atoms with Crippen molar-refractivity contribution in [1.82, 2.24) is 0 Å². The van der Waals surface area contributed by atoms with Crippen molar-refractivity contribution in [1.29, 1.82) is 0 Å². The van der Waals surface area contributed by atoms with Crippen LogP contribution in [0.1, 0.15) is 29.6 Å². The lowest BCUT2D eigenvalue weighted by Crippen LogP contribution is -2.30. The van der Waals surface area contributed by atoms with Gasteiger partial charge in [-0.1, -0.05) is 0 Å². The third-order valence-corrected chi connectivity index (χ3v) is 3.96. The number of carbonyl (C=O) groups is 1. The molecule has 21 heavy (non-hydrogen) atoms. The summed E-state index contributed by atoms with van der Waals surface area (Å²) in [6.45, 7) is 0. The van der Waals surface area contributed by atoms with Crippen molar-refractivity contribution < 1.29 is 24.0 Å². The number of aromatic carboxylic acids is 1. The fourth-order valence-corrected chi connectivity index (χ4v) is 2.98. The minimum Gasteiger partial charge on any atom is -0.478 e. The maximum atomic E-state index is 13.7. The summed E-state index contributed by atoms with van der Waals surface area (Å²) in [4.78, 5) is 21.2. The van der Waals surface area contributed by atoms with E-state index in [1.807, 2.05) is 0 Å². The third kappa shape index (κ3) is 2.42. The number of nitrogens with one attached hydrogen (secondary N) is 1. The lowest BCUT2D eigenvalue weighted by molar-refractivity contribution is -0.384. The Morgan fingerprint density at radius 2 is 2.24 bits per heavy atom. The van der Waals surface area contributed by atoms with Gasteiger partial charge in [0.1, 0.15) is 17.1 Å². The Bertz CT molecular complexity index is 621. The lowest BCUT2D eigenvalue weighted by atomic mass is 9.95. The van der Waals surface area contributed by atoms with E-state index < -0.39 is 28.0 Å². The van der Waals surface area contributed by atoms with Gasteiger partial charge in [-0.25, -0.2) is 9.18 Å². The molecule has 0 amide bonds. The second kappa shape index (κ2) is 4.96. The molecule has 2 fully saturated rings. The van der Waals surface area contributed by atoms with E-state index in [-0.39, 0.29) is 23.9 Å². The summed E-state index contributed by atoms with van der Waals surface area (Å²) in [7, 11) is 0. The normalized spacial score (nSPS) is 26.8. The van der Waals surface area contributed by atoms with Gasteiger partial charge < -0.3 is 15.2 Å². The molecule has 112 valence electrons. The Balaban J connectivity index is 1.92. The topological polar surface area (TPSA) is 102 Å². The van der Waals surface area contributed by atoms with Crippen LogP contribution in [-0.2, 0) is 4.74 Å². The third-order valence-electron chi connectivity index (χ3n) is 3.96. The number of halogens is 1. The fraction of sp³-hybridized carbons (Fsp3) is 0.462. The number of nitrogens with zero attached hydrogens (tertiary/aromatic N) is 1. The SMILES string of the molecule is O=C(O)c1cc([N+](=O)[O-])c(NC2CC3CCC2O3)cc1F. The predicted molar refractivity (Wildman–Crippen MR) is 69.9 cm³/mol. The van der Waals surface area contributed by atoms with Crippen molar-refractivity contribution in [3.63, 3.8) is 0 Å². The van der Waals surface area contributed by atoms with Crippen LogP contribution in [0.3, 0.4) is 0 Å². The van der Waals surface area contributed by atoms with Gasteiger partial charge in [0.05, 0.1) is 23.2 Å². The summed E-state index contributed by atoms with van der Waals surface area (Å²) < 4.78 is 19.4. The van der Waals surface area contributed by atoms with E-state index in [1.165, 1.54) is 0 Å². The summed E-state index contributed by atoms with van der Waals surface area (Å²) in [5.74, 6) is -2.54. The quantitative estimate of drug-likeness (QED) is 0.652. The van der Waals surface area contributed by atoms with E-state index in [0.717, 1.165) is 25.0 Å². The average Bonchev–Trinajstić information content (AvgIpc) is 3.00. The molecule has 2 N–H and O–H groups in total. The van der Waals surface area contributed by atoms with E-state index in [4.69, 9.17) is 9.84 Å². The van der Waals surface area contributed by atoms with Crippen LogP contribution in [0, 0.1) is 15.9 Å². The van der Waals surface area contributed by atoms with Gasteiger partial charge in [-0.3, -0.25) is 10.1 Å². The molecule has 0 spiro atoms. The maximum absolute atomic E-state index is 13.7. The maximum Gasteiger partial charge on any atom is 0.338 e. The van der Waals surface area contributed by atoms with E-state index in [1.54, 1.807) is 0 Å². The first kappa shape index (κ1) is 13.7. The average molecular weight is 296 g/mol. The predicted octanol–water partition coefficient (Wildman–Crippen LogP) is 2.16. The molecule has 3 atom stereocenters. The summed E-state index contributed by atoms with van der Waals surface area (Å²) in [6.07, 6.45) is 2.67. The van der Waals surface area contributed by atoms with Crippen LogP contribution >= 0.6 is 0 Å². The number of hydrogen-bond acceptors (Lipinski definition) is 5. The van der Waals surface area contributed by atoms with Crippen molar-refractivity contribution in [3.05, 3.63) is 33.6 Å². The van der Waals surface area contributed by atoms with Gasteiger partial charge >= 0.3 is 5.97 Å². The van der Waals surface area contributed by atoms with Crippen LogP contribution in [0.5, 0.6) is 0 Å². The monoisotopic (exact) mass is 296 g/mol. The molecule has 2 aliphatic rings. The van der Waals surface area contributed by atoms with Crippen LogP contribution in [0.15, 0.2) is 12.1 Å². The number of nitro groups is 1. The van der Waals surface area contributed by atoms with Crippen molar-refractivity contribution in [2.75, 3.05) is 5.32 Å². The number of fused-ring (bicyclic) bond motifs is 2. The zero-order valence-corrected chi connectivity index (χ0v) is 10.9. The van der Waals surface area contributed by atoms with Crippen LogP contribution in [0.4, 0.5) is 15.8 Å². The molecule has 0 aliphatic carbocycles. The fourth-order valence-electron chi connectivity index (χ4n) is 2.98. The molecule has 2 heterocycles. The molecule has 2 bridgehead atoms. The highest BCUT2D eigenvalue weighted by Crippen LogP contribution is 2.38. The molecule has 2 saturated heterocycles. The van der Waals surface area contributed by atoms with Gasteiger partial charge in [0.15, 0.2) is 0 Å². The number of carboxylic acids is 1. The lowest BCUT2D eigenvalue weighted by Gasteiger charge is -2.21. The smallest absolute Gasteiger partial charge is 0.338 e. The molecule has 2 aliphatic heterocycles. The van der Waals surface area contributed by atoms with Gasteiger partial charge in [-0.15, -0.1) is 0 Å². The van der Waals surface area contributed by atoms with Gasteiger partial charge in [-0.2, -0.15) is 0 Å². The van der Waals surface area contributed by atoms with Crippen molar-refractivity contribution in [2.24, 2.45) is 0 Å². The number of nitro benzene ring substituents is 1. The van der Waals surface area contributed by atoms with Gasteiger partial charge in [0.2, 0.25) is 0 Å². The highest BCUT2D eigenvalue weighted by Gasteiger charge is 2.41. The van der Waals surface area contributed by atoms with Crippen molar-refractivity contribution in [2.45, 2.75) is 37.5 Å². The van der Waals surface area contributed by atoms with Crippen molar-refractivity contribution in [3.8, 4) is 0 Å². The Morgan fingerprint density at radius 1 is 1.48 bits per heavy atom. The molecule has 1 aromatic carbocycles. The van der Waals surface area contributed by atoms with Gasteiger partial charge in [0.25, 0.3) is 5.69 Å². The molecular weight excluding hydrogens is 283 g/mol. The highest BCUT2D eigenvalue weighted by molar-refractivity contribution is 5.90. The number of benzene rings is 1. The summed E-state index contributed by atoms with van der Waals surface area (Å²) in [6, 6.07) is 1.50. The Labute approximate surface area is 118 Å². The molecular formula is C13H13FN2O5. The second-order valence-electron chi connectivity index (χ2n) is 5.27. The van der Waals surface area contributed by atoms with Crippen molar-refractivity contribution >= 4 is 17.3 Å². The molecule has 0 aromatic heterocycles. The van der Waals surface area contributed by atoms with Crippen LogP contribution in [0.25, 0.3) is 0 Å². The second-order valence-corrected chi connectivity index (χ2v) is 5.27. The summed E-state index contributed by atoms with van der Waals surface area (Å²) in [5, 5.41) is 22.8. The Hall–Kier alpha value is -2.22. The van der Waals surface area contributed by atoms with Crippen LogP contribution < -0.4 is 5.32 Å². The van der Waals surface area contributed by atoms with Crippen LogP contribution in [0.2, 0.25) is 0 Å². The first-order valence-corrected chi connectivity index (χ1v) is 6.59. The summed E-state index contributed by atoms with van der Waals surface area (Å²) >= 11 is 0. The first-order valence-electron chi connectivity index (χ1n) is 6.59. The number of carboxylic acid groups (broad SMARTS) is 1. The standard InChI is InChI=1S/C13H13FN2O5/c14-8-5-9(11(16(19)20)4-7(8)13(17)18)15-10-3-6-1-2-12(10)21-6/h4-6,10,12,15H,1-3H2,(H,17,18). The number of hydrogen-bond donors (Lipinski definition) is 2. The molecule has 1 aromatic rings. The van der Waals surface area contributed by atoms with E-state index in [9.17, 15) is 19.3 Å². The Morgan fingerprint density at radius 3 is 2.76 bits per heavy atom. The molecule has 3 unspecified atom stereocenters. The molecule has 0 saturated carbocycles. The summed E-state index contributed by atoms with van der Waals surface area (Å²) in [5.41, 5.74) is -1.17.